The number of halogens is 1. The maximum Gasteiger partial charge on any atom is 0.407 e. The number of nitrogens with one attached hydrogen (secondary N) is 1. The molecule has 2 saturated heterocycles. The predicted octanol–water partition coefficient (Wildman–Crippen LogP) is 4.42. The lowest BCUT2D eigenvalue weighted by atomic mass is 10.1. The molecule has 5 rings (SSSR count). The summed E-state index contributed by atoms with van der Waals surface area (Å²) in [4.78, 5) is 24.4. The van der Waals surface area contributed by atoms with Crippen molar-refractivity contribution in [3.8, 4) is 5.88 Å². The molecule has 2 atom stereocenters. The van der Waals surface area contributed by atoms with Crippen LogP contribution in [0.5, 0.6) is 5.88 Å². The van der Waals surface area contributed by atoms with Gasteiger partial charge in [0, 0.05) is 40.0 Å². The van der Waals surface area contributed by atoms with Crippen molar-refractivity contribution in [1.29, 1.82) is 0 Å². The van der Waals surface area contributed by atoms with Crippen molar-refractivity contribution in [2.45, 2.75) is 70.0 Å². The van der Waals surface area contributed by atoms with Gasteiger partial charge in [-0.3, -0.25) is 4.68 Å². The van der Waals surface area contributed by atoms with Crippen LogP contribution >= 0.6 is 0 Å². The van der Waals surface area contributed by atoms with Crippen LogP contribution in [0.4, 0.5) is 20.8 Å². The molecular formula is C27H41FN8O4Si. The quantitative estimate of drug-likeness (QED) is 0.262. The Morgan fingerprint density at radius 2 is 1.98 bits per heavy atom. The summed E-state index contributed by atoms with van der Waals surface area (Å²) in [7, 11) is 0.894. The average molecular weight is 589 g/mol. The number of anilines is 2. The zero-order valence-corrected chi connectivity index (χ0v) is 25.3. The fourth-order valence-corrected chi connectivity index (χ4v) is 5.89. The van der Waals surface area contributed by atoms with Gasteiger partial charge in [-0.15, -0.1) is 0 Å². The molecule has 2 aliphatic heterocycles. The van der Waals surface area contributed by atoms with Crippen LogP contribution < -0.4 is 10.1 Å². The van der Waals surface area contributed by atoms with Gasteiger partial charge in [0.25, 0.3) is 0 Å². The van der Waals surface area contributed by atoms with Crippen molar-refractivity contribution < 1.29 is 23.8 Å². The highest BCUT2D eigenvalue weighted by molar-refractivity contribution is 6.76. The Bertz CT molecular complexity index is 1340. The van der Waals surface area contributed by atoms with Gasteiger partial charge < -0.3 is 34.3 Å². The molecule has 0 aliphatic carbocycles. The summed E-state index contributed by atoms with van der Waals surface area (Å²) in [5.41, 5.74) is 1.31. The summed E-state index contributed by atoms with van der Waals surface area (Å²) in [5, 5.41) is 17.9. The van der Waals surface area contributed by atoms with Crippen LogP contribution in [0.1, 0.15) is 25.3 Å². The first-order valence-corrected chi connectivity index (χ1v) is 18.0. The molecule has 1 amide bonds. The molecule has 2 fully saturated rings. The number of piperidine rings is 2. The van der Waals surface area contributed by atoms with Gasteiger partial charge in [-0.2, -0.15) is 15.1 Å². The SMILES string of the molecule is CN1CCC(n2cc(Nc3nc(O[C@H]4CN(C(=O)O)CC[C@H]4F)c4ccn(COCC[Si](C)(C)C)c4n3)cn2)CC1. The number of rotatable bonds is 10. The molecule has 41 heavy (non-hydrogen) atoms. The Morgan fingerprint density at radius 1 is 1.20 bits per heavy atom. The summed E-state index contributed by atoms with van der Waals surface area (Å²) in [5.74, 6) is 0.472. The number of hydrogen-bond donors (Lipinski definition) is 2. The van der Waals surface area contributed by atoms with E-state index < -0.39 is 26.4 Å². The normalized spacial score (nSPS) is 21.0. The topological polar surface area (TPSA) is 123 Å². The molecule has 14 heteroatoms. The molecule has 0 saturated carbocycles. The van der Waals surface area contributed by atoms with E-state index in [4.69, 9.17) is 14.5 Å². The minimum Gasteiger partial charge on any atom is -0.469 e. The van der Waals surface area contributed by atoms with E-state index in [1.165, 1.54) is 4.90 Å². The zero-order chi connectivity index (χ0) is 29.1. The highest BCUT2D eigenvalue weighted by Gasteiger charge is 2.34. The number of ether oxygens (including phenoxy) is 2. The maximum atomic E-state index is 14.9. The lowest BCUT2D eigenvalue weighted by Gasteiger charge is -2.33. The number of amides is 1. The summed E-state index contributed by atoms with van der Waals surface area (Å²) in [6, 6.07) is 3.20. The number of hydrogen-bond acceptors (Lipinski definition) is 8. The van der Waals surface area contributed by atoms with E-state index in [0.717, 1.165) is 37.7 Å². The van der Waals surface area contributed by atoms with Gasteiger partial charge in [0.15, 0.2) is 5.65 Å². The average Bonchev–Trinajstić information content (AvgIpc) is 3.55. The molecule has 12 nitrogen and oxygen atoms in total. The van der Waals surface area contributed by atoms with Gasteiger partial charge >= 0.3 is 6.09 Å². The van der Waals surface area contributed by atoms with E-state index >= 15 is 0 Å². The molecule has 224 valence electrons. The van der Waals surface area contributed by atoms with Crippen molar-refractivity contribution in [3.05, 3.63) is 24.7 Å². The molecule has 2 aliphatic rings. The second kappa shape index (κ2) is 12.3. The molecule has 0 bridgehead atoms. The highest BCUT2D eigenvalue weighted by Crippen LogP contribution is 2.30. The first-order valence-electron chi connectivity index (χ1n) is 14.3. The van der Waals surface area contributed by atoms with E-state index in [1.807, 2.05) is 27.7 Å². The highest BCUT2D eigenvalue weighted by atomic mass is 28.3. The molecule has 2 N–H and O–H groups in total. The first kappa shape index (κ1) is 29.3. The second-order valence-corrected chi connectivity index (χ2v) is 17.9. The van der Waals surface area contributed by atoms with Crippen molar-refractivity contribution >= 4 is 36.8 Å². The zero-order valence-electron chi connectivity index (χ0n) is 24.3. The van der Waals surface area contributed by atoms with Gasteiger partial charge in [-0.25, -0.2) is 9.18 Å². The molecular weight excluding hydrogens is 547 g/mol. The number of aromatic nitrogens is 5. The van der Waals surface area contributed by atoms with Gasteiger partial charge in [0.2, 0.25) is 11.8 Å². The molecule has 5 heterocycles. The molecule has 3 aromatic heterocycles. The first-order chi connectivity index (χ1) is 19.6. The third-order valence-electron chi connectivity index (χ3n) is 7.74. The van der Waals surface area contributed by atoms with Crippen LogP contribution in [0.2, 0.25) is 25.7 Å². The third-order valence-corrected chi connectivity index (χ3v) is 9.45. The summed E-state index contributed by atoms with van der Waals surface area (Å²) >= 11 is 0. The summed E-state index contributed by atoms with van der Waals surface area (Å²) < 4.78 is 30.8. The molecule has 0 aromatic carbocycles. The van der Waals surface area contributed by atoms with Gasteiger partial charge in [0.1, 0.15) is 19.0 Å². The molecule has 0 radical (unpaired) electrons. The van der Waals surface area contributed by atoms with Gasteiger partial charge in [0.05, 0.1) is 29.9 Å². The number of fused-ring (bicyclic) bond motifs is 1. The Labute approximate surface area is 240 Å². The summed E-state index contributed by atoms with van der Waals surface area (Å²) in [6.07, 6.45) is 4.29. The van der Waals surface area contributed by atoms with Crippen LogP contribution in [0.15, 0.2) is 24.7 Å². The fraction of sp³-hybridized carbons (Fsp3) is 0.630. The van der Waals surface area contributed by atoms with E-state index in [9.17, 15) is 14.3 Å². The van der Waals surface area contributed by atoms with Crippen molar-refractivity contribution in [2.24, 2.45) is 0 Å². The molecule has 3 aromatic rings. The largest absolute Gasteiger partial charge is 0.469 e. The van der Waals surface area contributed by atoms with Crippen LogP contribution in [-0.2, 0) is 11.5 Å². The third kappa shape index (κ3) is 7.35. The van der Waals surface area contributed by atoms with Crippen LogP contribution in [0.25, 0.3) is 11.0 Å². The standard InChI is InChI=1S/C27H41FN8O4Si/c1-33-9-5-20(6-10-33)36-16-19(15-29-36)30-26-31-24-21(7-11-35(24)18-39-13-14-41(2,3)4)25(32-26)40-23-17-34(27(37)38)12-8-22(23)28/h7,11,15-16,20,22-23H,5-6,8-10,12-14,17-18H2,1-4H3,(H,37,38)(H,30,31,32)/t22-,23+/m1/s1. The van der Waals surface area contributed by atoms with Crippen LogP contribution in [0.3, 0.4) is 0 Å². The maximum absolute atomic E-state index is 14.9. The lowest BCUT2D eigenvalue weighted by molar-refractivity contribution is 0.0215. The molecule has 0 spiro atoms. The number of alkyl halides is 1. The molecule has 0 unspecified atom stereocenters. The number of carboxylic acid groups (broad SMARTS) is 1. The monoisotopic (exact) mass is 588 g/mol. The van der Waals surface area contributed by atoms with E-state index in [0.29, 0.717) is 30.4 Å². The van der Waals surface area contributed by atoms with Crippen molar-refractivity contribution in [2.75, 3.05) is 45.2 Å². The van der Waals surface area contributed by atoms with E-state index in [1.54, 1.807) is 6.20 Å². The second-order valence-electron chi connectivity index (χ2n) is 12.3. The van der Waals surface area contributed by atoms with Crippen LogP contribution in [-0.4, -0.2) is 105 Å². The number of carbonyl (C=O) groups is 1. The number of likely N-dealkylation sites (tertiary alicyclic amines) is 2. The Morgan fingerprint density at radius 3 is 2.71 bits per heavy atom. The predicted molar refractivity (Wildman–Crippen MR) is 156 cm³/mol. The lowest BCUT2D eigenvalue weighted by Crippen LogP contribution is -2.49. The Balaban J connectivity index is 1.39. The summed E-state index contributed by atoms with van der Waals surface area (Å²) in [6.45, 7) is 9.99. The Hall–Kier alpha value is -3.23. The van der Waals surface area contributed by atoms with Gasteiger partial charge in [-0.05, 0) is 45.1 Å². The minimum absolute atomic E-state index is 0.0678. The Kier molecular flexibility index (Phi) is 8.80. The van der Waals surface area contributed by atoms with Crippen molar-refractivity contribution in [3.63, 3.8) is 0 Å². The number of nitrogens with zero attached hydrogens (tertiary/aromatic N) is 7. The smallest absolute Gasteiger partial charge is 0.407 e. The van der Waals surface area contributed by atoms with Gasteiger partial charge in [-0.1, -0.05) is 19.6 Å². The van der Waals surface area contributed by atoms with E-state index in [2.05, 4.69) is 47.0 Å². The fourth-order valence-electron chi connectivity index (χ4n) is 5.14. The van der Waals surface area contributed by atoms with E-state index in [-0.39, 0.29) is 31.3 Å². The van der Waals surface area contributed by atoms with Crippen molar-refractivity contribution in [1.82, 2.24) is 34.1 Å². The van der Waals surface area contributed by atoms with Crippen LogP contribution in [0, 0.1) is 0 Å². The minimum atomic E-state index is -1.31.